The van der Waals surface area contributed by atoms with Crippen LogP contribution in [0.15, 0.2) is 85.4 Å². The van der Waals surface area contributed by atoms with Crippen molar-refractivity contribution < 1.29 is 8.85 Å². The van der Waals surface area contributed by atoms with E-state index < -0.39 is 9.28 Å². The summed E-state index contributed by atoms with van der Waals surface area (Å²) < 4.78 is 12.9. The van der Waals surface area contributed by atoms with E-state index in [2.05, 4.69) is 31.7 Å². The van der Waals surface area contributed by atoms with Gasteiger partial charge in [0.25, 0.3) is 0 Å². The second kappa shape index (κ2) is 12.8. The van der Waals surface area contributed by atoms with Crippen LogP contribution in [0, 0.1) is 0 Å². The van der Waals surface area contributed by atoms with E-state index in [1.165, 1.54) is 44.1 Å². The second-order valence-corrected chi connectivity index (χ2v) is 9.64. The zero-order valence-corrected chi connectivity index (χ0v) is 19.8. The van der Waals surface area contributed by atoms with Gasteiger partial charge in [0.05, 0.1) is 0 Å². The molecule has 3 heteroatoms. The number of hydrogen-bond donors (Lipinski definition) is 0. The van der Waals surface area contributed by atoms with E-state index in [0.717, 1.165) is 28.7 Å². The lowest BCUT2D eigenvalue weighted by atomic mass is 10.0. The van der Waals surface area contributed by atoms with Crippen LogP contribution in [-0.4, -0.2) is 9.28 Å². The summed E-state index contributed by atoms with van der Waals surface area (Å²) in [4.78, 5) is 0. The van der Waals surface area contributed by atoms with E-state index in [1.807, 2.05) is 66.7 Å². The van der Waals surface area contributed by atoms with Crippen molar-refractivity contribution >= 4 is 20.5 Å². The minimum atomic E-state index is -2.26. The molecule has 0 N–H and O–H groups in total. The van der Waals surface area contributed by atoms with Gasteiger partial charge < -0.3 is 8.85 Å². The first-order valence-electron chi connectivity index (χ1n) is 11.5. The summed E-state index contributed by atoms with van der Waals surface area (Å²) in [5, 5.41) is 1.14. The van der Waals surface area contributed by atoms with Crippen molar-refractivity contribution in [3.05, 3.63) is 96.6 Å². The van der Waals surface area contributed by atoms with Gasteiger partial charge >= 0.3 is 9.28 Å². The van der Waals surface area contributed by atoms with Crippen molar-refractivity contribution in [1.82, 2.24) is 0 Å². The SMILES string of the molecule is C=Cc1ccc(CCCCCCCC)cc1[SiH](Oc1ccccc1)Oc1ccccc1. The minimum absolute atomic E-state index is 0.839. The molecule has 0 aliphatic carbocycles. The normalized spacial score (nSPS) is 10.8. The number of aryl methyl sites for hydroxylation is 1. The van der Waals surface area contributed by atoms with Gasteiger partial charge in [-0.3, -0.25) is 0 Å². The van der Waals surface area contributed by atoms with Gasteiger partial charge in [0.2, 0.25) is 0 Å². The molecule has 3 aromatic rings. The number of benzene rings is 3. The molecule has 0 unspecified atom stereocenters. The number of rotatable bonds is 13. The molecule has 0 saturated heterocycles. The third-order valence-electron chi connectivity index (χ3n) is 5.42. The average molecular weight is 431 g/mol. The quantitative estimate of drug-likeness (QED) is 0.219. The number of hydrogen-bond acceptors (Lipinski definition) is 2. The third kappa shape index (κ3) is 7.44. The molecule has 0 radical (unpaired) electrons. The highest BCUT2D eigenvalue weighted by Gasteiger charge is 2.24. The van der Waals surface area contributed by atoms with Gasteiger partial charge in [0.15, 0.2) is 0 Å². The van der Waals surface area contributed by atoms with Crippen molar-refractivity contribution in [1.29, 1.82) is 0 Å². The topological polar surface area (TPSA) is 18.5 Å². The molecule has 0 aromatic heterocycles. The molecule has 3 rings (SSSR count). The molecule has 0 spiro atoms. The first-order valence-corrected chi connectivity index (χ1v) is 13.0. The maximum absolute atomic E-state index is 6.44. The Bertz CT molecular complexity index is 867. The molecule has 2 nitrogen and oxygen atoms in total. The van der Waals surface area contributed by atoms with Crippen LogP contribution in [0.1, 0.15) is 56.6 Å². The van der Waals surface area contributed by atoms with E-state index >= 15 is 0 Å². The fraction of sp³-hybridized carbons (Fsp3) is 0.286. The van der Waals surface area contributed by atoms with Crippen molar-refractivity contribution in [3.8, 4) is 11.5 Å². The Balaban J connectivity index is 1.79. The monoisotopic (exact) mass is 430 g/mol. The molecule has 0 saturated carbocycles. The van der Waals surface area contributed by atoms with Gasteiger partial charge in [-0.15, -0.1) is 0 Å². The maximum atomic E-state index is 6.44. The molecular weight excluding hydrogens is 396 g/mol. The lowest BCUT2D eigenvalue weighted by Crippen LogP contribution is -2.44. The Hall–Kier alpha value is -2.78. The van der Waals surface area contributed by atoms with Gasteiger partial charge in [-0.25, -0.2) is 0 Å². The van der Waals surface area contributed by atoms with E-state index in [4.69, 9.17) is 8.85 Å². The van der Waals surface area contributed by atoms with Crippen molar-refractivity contribution in [3.63, 3.8) is 0 Å². The zero-order valence-electron chi connectivity index (χ0n) is 18.6. The molecule has 162 valence electrons. The van der Waals surface area contributed by atoms with Gasteiger partial charge in [0.1, 0.15) is 11.5 Å². The average Bonchev–Trinajstić information content (AvgIpc) is 2.82. The summed E-state index contributed by atoms with van der Waals surface area (Å²) in [6.45, 7) is 6.29. The highest BCUT2D eigenvalue weighted by atomic mass is 28.3. The standard InChI is InChI=1S/C28H34O2Si/c1-3-5-6-7-8-11-16-24-21-22-25(4-2)28(23-24)31(29-26-17-12-9-13-18-26)30-27-19-14-10-15-20-27/h4,9-10,12-15,17-23,31H,2-3,5-8,11,16H2,1H3. The molecule has 0 bridgehead atoms. The fourth-order valence-electron chi connectivity index (χ4n) is 3.68. The Morgan fingerprint density at radius 2 is 1.32 bits per heavy atom. The Morgan fingerprint density at radius 1 is 0.742 bits per heavy atom. The first kappa shape index (κ1) is 22.9. The molecule has 0 fully saturated rings. The summed E-state index contributed by atoms with van der Waals surface area (Å²) in [6, 6.07) is 26.6. The van der Waals surface area contributed by atoms with E-state index in [-0.39, 0.29) is 0 Å². The maximum Gasteiger partial charge on any atom is 0.480 e. The van der Waals surface area contributed by atoms with Gasteiger partial charge in [-0.05, 0) is 48.2 Å². The Labute approximate surface area is 189 Å². The van der Waals surface area contributed by atoms with Crippen LogP contribution in [0.2, 0.25) is 0 Å². The number of para-hydroxylation sites is 2. The Morgan fingerprint density at radius 3 is 1.90 bits per heavy atom. The van der Waals surface area contributed by atoms with Crippen LogP contribution in [-0.2, 0) is 6.42 Å². The molecule has 31 heavy (non-hydrogen) atoms. The minimum Gasteiger partial charge on any atom is -0.511 e. The van der Waals surface area contributed by atoms with Crippen LogP contribution < -0.4 is 14.0 Å². The van der Waals surface area contributed by atoms with E-state index in [9.17, 15) is 0 Å². The molecule has 0 heterocycles. The van der Waals surface area contributed by atoms with Gasteiger partial charge in [0, 0.05) is 5.19 Å². The molecule has 0 aliphatic heterocycles. The zero-order chi connectivity index (χ0) is 21.7. The van der Waals surface area contributed by atoms with E-state index in [1.54, 1.807) is 0 Å². The van der Waals surface area contributed by atoms with Crippen molar-refractivity contribution in [2.75, 3.05) is 0 Å². The van der Waals surface area contributed by atoms with Crippen LogP contribution in [0.3, 0.4) is 0 Å². The Kier molecular flexibility index (Phi) is 9.46. The third-order valence-corrected chi connectivity index (χ3v) is 7.40. The number of unbranched alkanes of at least 4 members (excludes halogenated alkanes) is 5. The summed E-state index contributed by atoms with van der Waals surface area (Å²) in [7, 11) is -2.26. The van der Waals surface area contributed by atoms with Crippen LogP contribution >= 0.6 is 0 Å². The molecule has 3 aromatic carbocycles. The van der Waals surface area contributed by atoms with Crippen LogP contribution in [0.4, 0.5) is 0 Å². The predicted octanol–water partition coefficient (Wildman–Crippen LogP) is 6.82. The highest BCUT2D eigenvalue weighted by molar-refractivity contribution is 6.63. The summed E-state index contributed by atoms with van der Waals surface area (Å²) in [6.07, 6.45) is 10.8. The van der Waals surface area contributed by atoms with Gasteiger partial charge in [-0.2, -0.15) is 0 Å². The fourth-order valence-corrected chi connectivity index (χ4v) is 5.62. The smallest absolute Gasteiger partial charge is 0.480 e. The lowest BCUT2D eigenvalue weighted by Gasteiger charge is -2.21. The lowest BCUT2D eigenvalue weighted by molar-refractivity contribution is 0.439. The van der Waals surface area contributed by atoms with Crippen LogP contribution in [0.5, 0.6) is 11.5 Å². The van der Waals surface area contributed by atoms with Crippen molar-refractivity contribution in [2.24, 2.45) is 0 Å². The highest BCUT2D eigenvalue weighted by Crippen LogP contribution is 2.17. The predicted molar refractivity (Wildman–Crippen MR) is 135 cm³/mol. The molecule has 0 aliphatic rings. The molecular formula is C28H34O2Si. The molecule has 0 atom stereocenters. The van der Waals surface area contributed by atoms with Crippen molar-refractivity contribution in [2.45, 2.75) is 51.9 Å². The summed E-state index contributed by atoms with van der Waals surface area (Å²) >= 11 is 0. The van der Waals surface area contributed by atoms with E-state index in [0.29, 0.717) is 0 Å². The summed E-state index contributed by atoms with van der Waals surface area (Å²) in [5.74, 6) is 1.68. The molecule has 0 amide bonds. The summed E-state index contributed by atoms with van der Waals surface area (Å²) in [5.41, 5.74) is 2.44. The second-order valence-electron chi connectivity index (χ2n) is 7.88. The van der Waals surface area contributed by atoms with Crippen LogP contribution in [0.25, 0.3) is 6.08 Å². The van der Waals surface area contributed by atoms with Gasteiger partial charge in [-0.1, -0.05) is 106 Å². The first-order chi connectivity index (χ1) is 15.3. The largest absolute Gasteiger partial charge is 0.511 e.